The highest BCUT2D eigenvalue weighted by Crippen LogP contribution is 2.43. The number of rotatable bonds is 1. The number of benzene rings is 1. The molecule has 2 N–H and O–H groups in total. The monoisotopic (exact) mass is 190 g/mol. The first-order chi connectivity index (χ1) is 6.04. The largest absolute Gasteiger partial charge is 0.494 e. The summed E-state index contributed by atoms with van der Waals surface area (Å²) in [5.74, 6) is -5.53. The van der Waals surface area contributed by atoms with E-state index in [1.54, 1.807) is 0 Å². The molecule has 0 amide bonds. The highest BCUT2D eigenvalue weighted by atomic mass is 19.1. The third-order valence-corrected chi connectivity index (χ3v) is 1.73. The summed E-state index contributed by atoms with van der Waals surface area (Å²) >= 11 is 0. The van der Waals surface area contributed by atoms with Crippen molar-refractivity contribution in [2.24, 2.45) is 0 Å². The number of halogens is 3. The molecule has 0 aromatic heterocycles. The predicted octanol–water partition coefficient (Wildman–Crippen LogP) is -0.111. The lowest BCUT2D eigenvalue weighted by molar-refractivity contribution is 0.300. The molecule has 0 fully saturated rings. The van der Waals surface area contributed by atoms with E-state index in [2.05, 4.69) is 4.74 Å². The van der Waals surface area contributed by atoms with Crippen LogP contribution >= 0.6 is 0 Å². The van der Waals surface area contributed by atoms with Gasteiger partial charge in [0.05, 0.1) is 5.46 Å². The Bertz CT molecular complexity index is 364. The van der Waals surface area contributed by atoms with E-state index in [9.17, 15) is 13.2 Å². The average molecular weight is 190 g/mol. The molecule has 1 aromatic carbocycles. The Morgan fingerprint density at radius 3 is 1.69 bits per heavy atom. The Kier molecular flexibility index (Phi) is 1.55. The number of fused-ring (bicyclic) bond motifs is 2. The van der Waals surface area contributed by atoms with Crippen LogP contribution in [0.25, 0.3) is 0 Å². The molecular formula is C6H2BF3O3. The summed E-state index contributed by atoms with van der Waals surface area (Å²) in [7, 11) is -2.32. The molecule has 1 aromatic rings. The second-order valence-electron chi connectivity index (χ2n) is 2.49. The van der Waals surface area contributed by atoms with Gasteiger partial charge in [0.2, 0.25) is 17.3 Å². The molecule has 2 aliphatic heterocycles. The van der Waals surface area contributed by atoms with Crippen molar-refractivity contribution < 1.29 is 28.0 Å². The highest BCUT2D eigenvalue weighted by Gasteiger charge is 2.39. The topological polar surface area (TPSA) is 49.7 Å². The minimum absolute atomic E-state index is 0.778. The lowest BCUT2D eigenvalue weighted by Gasteiger charge is -2.22. The van der Waals surface area contributed by atoms with Gasteiger partial charge in [0.15, 0.2) is 11.6 Å². The molecule has 0 unspecified atom stereocenters. The van der Waals surface area contributed by atoms with Gasteiger partial charge in [-0.25, -0.2) is 8.78 Å². The molecule has 2 bridgehead atoms. The fraction of sp³-hybridized carbons (Fsp3) is 0. The molecule has 0 atom stereocenters. The average Bonchev–Trinajstić information content (AvgIpc) is 2.00. The van der Waals surface area contributed by atoms with E-state index in [1.807, 2.05) is 0 Å². The smallest absolute Gasteiger partial charge is 0.445 e. The fourth-order valence-corrected chi connectivity index (χ4v) is 1.10. The maximum atomic E-state index is 12.9. The van der Waals surface area contributed by atoms with Crippen LogP contribution in [0.1, 0.15) is 0 Å². The molecule has 2 aliphatic rings. The van der Waals surface area contributed by atoms with Crippen molar-refractivity contribution in [2.75, 3.05) is 0 Å². The Balaban J connectivity index is 2.70. The van der Waals surface area contributed by atoms with Crippen LogP contribution in [0.3, 0.4) is 0 Å². The van der Waals surface area contributed by atoms with Crippen LogP contribution in [0.15, 0.2) is 0 Å². The molecule has 0 spiro atoms. The van der Waals surface area contributed by atoms with Crippen LogP contribution in [0.5, 0.6) is 11.5 Å². The van der Waals surface area contributed by atoms with Crippen LogP contribution in [0, 0.1) is 17.5 Å². The normalized spacial score (nSPS) is 12.1. The van der Waals surface area contributed by atoms with E-state index in [1.165, 1.54) is 0 Å². The van der Waals surface area contributed by atoms with E-state index in [0.717, 1.165) is 0 Å². The van der Waals surface area contributed by atoms with Gasteiger partial charge in [-0.1, -0.05) is 0 Å². The molecule has 3 rings (SSSR count). The molecule has 0 aliphatic carbocycles. The molecule has 0 saturated heterocycles. The molecule has 0 saturated carbocycles. The minimum atomic E-state index is -2.32. The second-order valence-corrected chi connectivity index (χ2v) is 2.49. The van der Waals surface area contributed by atoms with E-state index >= 15 is 0 Å². The zero-order chi connectivity index (χ0) is 9.75. The van der Waals surface area contributed by atoms with Crippen molar-refractivity contribution in [1.29, 1.82) is 0 Å². The maximum Gasteiger partial charge on any atom is 0.494 e. The number of hydrogen-bond donors (Lipinski definition) is 2. The summed E-state index contributed by atoms with van der Waals surface area (Å²) < 4.78 is 42.6. The summed E-state index contributed by atoms with van der Waals surface area (Å²) in [5.41, 5.74) is -0.988. The van der Waals surface area contributed by atoms with Crippen molar-refractivity contribution in [3.8, 4) is 11.5 Å². The van der Waals surface area contributed by atoms with Crippen molar-refractivity contribution in [2.45, 2.75) is 0 Å². The summed E-state index contributed by atoms with van der Waals surface area (Å²) in [5, 5.41) is 17.1. The zero-order valence-corrected chi connectivity index (χ0v) is 6.01. The molecular weight excluding hydrogens is 188 g/mol. The lowest BCUT2D eigenvalue weighted by Crippen LogP contribution is -2.38. The zero-order valence-electron chi connectivity index (χ0n) is 6.01. The standard InChI is InChI=1S/C6H2BF3O3/c8-2-1(7(11)12)3(9)6-4(10)5(2)13-6/h11-12H. The van der Waals surface area contributed by atoms with Crippen molar-refractivity contribution >= 4 is 12.6 Å². The van der Waals surface area contributed by atoms with E-state index in [-0.39, 0.29) is 0 Å². The predicted molar refractivity (Wildman–Crippen MR) is 36.2 cm³/mol. The van der Waals surface area contributed by atoms with Crippen LogP contribution in [0.4, 0.5) is 13.2 Å². The second kappa shape index (κ2) is 2.40. The first-order valence-corrected chi connectivity index (χ1v) is 3.28. The summed E-state index contributed by atoms with van der Waals surface area (Å²) in [6.45, 7) is 0. The number of hydrogen-bond acceptors (Lipinski definition) is 3. The van der Waals surface area contributed by atoms with Gasteiger partial charge >= 0.3 is 7.12 Å². The molecule has 2 heterocycles. The van der Waals surface area contributed by atoms with Crippen LogP contribution < -0.4 is 10.2 Å². The quantitative estimate of drug-likeness (QED) is 0.616. The third-order valence-electron chi connectivity index (χ3n) is 1.73. The highest BCUT2D eigenvalue weighted by molar-refractivity contribution is 6.59. The number of ether oxygens (including phenoxy) is 1. The van der Waals surface area contributed by atoms with Gasteiger partial charge in [-0.05, 0) is 0 Å². The van der Waals surface area contributed by atoms with Crippen molar-refractivity contribution in [3.05, 3.63) is 17.5 Å². The first-order valence-electron chi connectivity index (χ1n) is 3.28. The van der Waals surface area contributed by atoms with Crippen LogP contribution in [-0.2, 0) is 0 Å². The molecule has 0 radical (unpaired) electrons. The third kappa shape index (κ3) is 0.880. The van der Waals surface area contributed by atoms with Gasteiger partial charge in [0, 0.05) is 0 Å². The Morgan fingerprint density at radius 1 is 0.923 bits per heavy atom. The van der Waals surface area contributed by atoms with Crippen LogP contribution in [-0.4, -0.2) is 17.2 Å². The SMILES string of the molecule is OB(O)c1c(F)c2c(F)c(c1F)O2. The van der Waals surface area contributed by atoms with Gasteiger partial charge in [-0.2, -0.15) is 4.39 Å². The molecule has 3 nitrogen and oxygen atoms in total. The summed E-state index contributed by atoms with van der Waals surface area (Å²) in [6.07, 6.45) is 0. The van der Waals surface area contributed by atoms with Gasteiger partial charge in [-0.15, -0.1) is 0 Å². The molecule has 7 heteroatoms. The Labute approximate surface area is 70.5 Å². The van der Waals surface area contributed by atoms with Crippen molar-refractivity contribution in [3.63, 3.8) is 0 Å². The maximum absolute atomic E-state index is 12.9. The van der Waals surface area contributed by atoms with Gasteiger partial charge in [0.1, 0.15) is 0 Å². The Morgan fingerprint density at radius 2 is 1.38 bits per heavy atom. The molecule has 68 valence electrons. The van der Waals surface area contributed by atoms with Gasteiger partial charge < -0.3 is 14.8 Å². The first kappa shape index (κ1) is 8.40. The minimum Gasteiger partial charge on any atom is -0.445 e. The van der Waals surface area contributed by atoms with Crippen molar-refractivity contribution in [1.82, 2.24) is 0 Å². The van der Waals surface area contributed by atoms with Gasteiger partial charge in [-0.3, -0.25) is 0 Å². The van der Waals surface area contributed by atoms with Crippen LogP contribution in [0.2, 0.25) is 0 Å². The summed E-state index contributed by atoms with van der Waals surface area (Å²) in [4.78, 5) is 0. The lowest BCUT2D eigenvalue weighted by atomic mass is 9.78. The van der Waals surface area contributed by atoms with E-state index < -0.39 is 41.5 Å². The Hall–Kier alpha value is -1.21. The summed E-state index contributed by atoms with van der Waals surface area (Å²) in [6, 6.07) is 0. The van der Waals surface area contributed by atoms with Gasteiger partial charge in [0.25, 0.3) is 0 Å². The molecule has 13 heavy (non-hydrogen) atoms. The van der Waals surface area contributed by atoms with E-state index in [0.29, 0.717) is 0 Å². The van der Waals surface area contributed by atoms with E-state index in [4.69, 9.17) is 10.0 Å². The fourth-order valence-electron chi connectivity index (χ4n) is 1.10.